The van der Waals surface area contributed by atoms with Gasteiger partial charge in [-0.1, -0.05) is 45.0 Å². The average Bonchev–Trinajstić information content (AvgIpc) is 3.95. The minimum Gasteiger partial charge on any atom is -0.475 e. The summed E-state index contributed by atoms with van der Waals surface area (Å²) in [6, 6.07) is 12.2. The SMILES string of the molecule is Cc1ncsc1-c1ccc(CNC(=O)[C@@H]2CCCN2C(=O)C(NC(=O)COCCOc2ccc(N3C(=S)N(c4ccc(C#N)c(C(F)(F)F)c4F)C(=O)C3(C)C)cn2)C(C)(C)C)cc1. The van der Waals surface area contributed by atoms with E-state index >= 15 is 4.39 Å². The Morgan fingerprint density at radius 1 is 1.06 bits per heavy atom. The molecule has 338 valence electrons. The number of carbonyl (C=O) groups is 4. The molecule has 4 amide bonds. The number of hydrogen-bond acceptors (Lipinski definition) is 11. The van der Waals surface area contributed by atoms with Crippen LogP contribution in [0.5, 0.6) is 5.88 Å². The third-order valence-electron chi connectivity index (χ3n) is 10.8. The van der Waals surface area contributed by atoms with Gasteiger partial charge in [-0.15, -0.1) is 11.3 Å². The van der Waals surface area contributed by atoms with Crippen molar-refractivity contribution in [1.29, 1.82) is 5.26 Å². The third kappa shape index (κ3) is 10.0. The Kier molecular flexibility index (Phi) is 14.1. The number of rotatable bonds is 14. The number of thiocarbonyl (C=S) groups is 1. The lowest BCUT2D eigenvalue weighted by molar-refractivity contribution is -0.144. The van der Waals surface area contributed by atoms with Gasteiger partial charge in [-0.05, 0) is 80.6 Å². The van der Waals surface area contributed by atoms with E-state index in [0.717, 1.165) is 33.8 Å². The molecule has 2 fully saturated rings. The summed E-state index contributed by atoms with van der Waals surface area (Å²) < 4.78 is 67.7. The smallest absolute Gasteiger partial charge is 0.420 e. The second-order valence-electron chi connectivity index (χ2n) is 16.7. The summed E-state index contributed by atoms with van der Waals surface area (Å²) in [6.07, 6.45) is -2.77. The lowest BCUT2D eigenvalue weighted by atomic mass is 9.85. The van der Waals surface area contributed by atoms with Crippen LogP contribution in [0.4, 0.5) is 28.9 Å². The fourth-order valence-corrected chi connectivity index (χ4v) is 8.82. The molecule has 14 nitrogen and oxygen atoms in total. The van der Waals surface area contributed by atoms with Gasteiger partial charge in [-0.25, -0.2) is 14.4 Å². The number of likely N-dealkylation sites (tertiary alicyclic amines) is 1. The molecule has 64 heavy (non-hydrogen) atoms. The van der Waals surface area contributed by atoms with Crippen LogP contribution in [0.1, 0.15) is 69.8 Å². The van der Waals surface area contributed by atoms with Gasteiger partial charge in [0.2, 0.25) is 23.6 Å². The van der Waals surface area contributed by atoms with Crippen molar-refractivity contribution in [2.24, 2.45) is 5.41 Å². The second kappa shape index (κ2) is 19.0. The van der Waals surface area contributed by atoms with Crippen molar-refractivity contribution in [3.8, 4) is 22.4 Å². The number of amides is 4. The normalized spacial score (nSPS) is 16.8. The quantitative estimate of drug-likeness (QED) is 0.0785. The van der Waals surface area contributed by atoms with Crippen LogP contribution in [0.2, 0.25) is 0 Å². The predicted octanol–water partition coefficient (Wildman–Crippen LogP) is 6.69. The van der Waals surface area contributed by atoms with E-state index < -0.39 is 70.3 Å². The Morgan fingerprint density at radius 3 is 2.39 bits per heavy atom. The molecule has 2 aliphatic heterocycles. The Morgan fingerprint density at radius 2 is 1.78 bits per heavy atom. The summed E-state index contributed by atoms with van der Waals surface area (Å²) in [4.78, 5) is 67.0. The predicted molar refractivity (Wildman–Crippen MR) is 234 cm³/mol. The van der Waals surface area contributed by atoms with Crippen LogP contribution in [0, 0.1) is 29.5 Å². The monoisotopic (exact) mass is 922 g/mol. The van der Waals surface area contributed by atoms with Crippen LogP contribution in [-0.2, 0) is 36.6 Å². The first-order valence-electron chi connectivity index (χ1n) is 20.2. The summed E-state index contributed by atoms with van der Waals surface area (Å²) in [5.41, 5.74) is -0.713. The molecule has 2 atom stereocenters. The van der Waals surface area contributed by atoms with Crippen molar-refractivity contribution >= 4 is 63.7 Å². The van der Waals surface area contributed by atoms with Gasteiger partial charge in [-0.2, -0.15) is 18.4 Å². The van der Waals surface area contributed by atoms with Gasteiger partial charge in [-0.3, -0.25) is 24.1 Å². The van der Waals surface area contributed by atoms with Crippen molar-refractivity contribution in [2.75, 3.05) is 36.2 Å². The summed E-state index contributed by atoms with van der Waals surface area (Å²) in [7, 11) is 0. The van der Waals surface area contributed by atoms with Crippen LogP contribution in [0.25, 0.3) is 10.4 Å². The second-order valence-corrected chi connectivity index (χ2v) is 18.0. The van der Waals surface area contributed by atoms with E-state index in [1.54, 1.807) is 16.8 Å². The number of hydrogen-bond donors (Lipinski definition) is 2. The first-order chi connectivity index (χ1) is 30.1. The summed E-state index contributed by atoms with van der Waals surface area (Å²) in [5.74, 6) is -3.68. The number of alkyl halides is 3. The number of aryl methyl sites for hydroxylation is 1. The largest absolute Gasteiger partial charge is 0.475 e. The molecular weight excluding hydrogens is 877 g/mol. The number of carbonyl (C=O) groups excluding carboxylic acids is 4. The van der Waals surface area contributed by atoms with E-state index in [2.05, 4.69) is 20.6 Å². The van der Waals surface area contributed by atoms with Crippen LogP contribution in [-0.4, -0.2) is 87.6 Å². The number of halogens is 4. The zero-order valence-corrected chi connectivity index (χ0v) is 37.5. The molecule has 1 unspecified atom stereocenters. The molecule has 2 saturated heterocycles. The summed E-state index contributed by atoms with van der Waals surface area (Å²) in [6.45, 7) is 10.5. The van der Waals surface area contributed by atoms with Crippen LogP contribution in [0.3, 0.4) is 0 Å². The van der Waals surface area contributed by atoms with Gasteiger partial charge in [0.25, 0.3) is 5.91 Å². The van der Waals surface area contributed by atoms with Gasteiger partial charge >= 0.3 is 6.18 Å². The number of ether oxygens (including phenoxy) is 2. The van der Waals surface area contributed by atoms with Crippen molar-refractivity contribution in [1.82, 2.24) is 25.5 Å². The molecule has 0 aliphatic carbocycles. The first-order valence-corrected chi connectivity index (χ1v) is 21.5. The Bertz CT molecular complexity index is 2470. The molecule has 0 saturated carbocycles. The maximum absolute atomic E-state index is 15.4. The molecule has 2 aromatic heterocycles. The number of nitrogens with one attached hydrogen (secondary N) is 2. The number of nitriles is 1. The number of benzene rings is 2. The molecule has 20 heteroatoms. The van der Waals surface area contributed by atoms with Gasteiger partial charge in [0.1, 0.15) is 36.4 Å². The van der Waals surface area contributed by atoms with E-state index in [1.807, 2.05) is 52.0 Å². The molecule has 2 N–H and O–H groups in total. The topological polar surface area (TPSA) is 170 Å². The van der Waals surface area contributed by atoms with Crippen LogP contribution >= 0.6 is 23.6 Å². The maximum Gasteiger partial charge on any atom is 0.420 e. The zero-order valence-electron chi connectivity index (χ0n) is 35.8. The minimum absolute atomic E-state index is 0.0405. The van der Waals surface area contributed by atoms with Gasteiger partial charge in [0.15, 0.2) is 10.9 Å². The van der Waals surface area contributed by atoms with E-state index in [4.69, 9.17) is 27.0 Å². The molecule has 4 aromatic rings. The van der Waals surface area contributed by atoms with E-state index in [1.165, 1.54) is 48.0 Å². The number of aromatic nitrogens is 2. The number of pyridine rings is 1. The molecule has 2 aromatic carbocycles. The van der Waals surface area contributed by atoms with Crippen molar-refractivity contribution < 1.29 is 46.2 Å². The molecule has 0 bridgehead atoms. The van der Waals surface area contributed by atoms with Crippen molar-refractivity contribution in [3.05, 3.63) is 88.4 Å². The van der Waals surface area contributed by atoms with E-state index in [0.29, 0.717) is 30.8 Å². The van der Waals surface area contributed by atoms with Gasteiger partial charge < -0.3 is 29.9 Å². The molecule has 0 radical (unpaired) electrons. The van der Waals surface area contributed by atoms with Crippen LogP contribution < -0.4 is 25.2 Å². The van der Waals surface area contributed by atoms with E-state index in [-0.39, 0.29) is 41.7 Å². The van der Waals surface area contributed by atoms with Gasteiger partial charge in [0.05, 0.1) is 51.9 Å². The standard InChI is InChI=1S/C44H46F4N8O6S2/c1-25-36(64-24-52-25)27-11-9-26(10-12-27)21-51-38(58)31-8-7-17-54(31)39(59)37(42(2,3)4)53-32(57)23-61-18-19-62-33-16-14-29(22-50-33)56-41(63)55(40(60)43(56,5)6)30-15-13-28(20-49)34(35(30)45)44(46,47)48/h9-16,22,24,31,37H,7-8,17-19,21,23H2,1-6H3,(H,51,58)(H,53,57)/t31-,37?/m0/s1. The molecule has 6 rings (SSSR count). The molecular formula is C44H46F4N8O6S2. The Hall–Kier alpha value is -6.04. The Labute approximate surface area is 376 Å². The van der Waals surface area contributed by atoms with Crippen molar-refractivity contribution in [2.45, 2.75) is 84.7 Å². The minimum atomic E-state index is -5.21. The van der Waals surface area contributed by atoms with Gasteiger partial charge in [0, 0.05) is 19.2 Å². The van der Waals surface area contributed by atoms with E-state index in [9.17, 15) is 32.3 Å². The number of thiazole rings is 1. The number of anilines is 2. The maximum atomic E-state index is 15.4. The molecule has 2 aliphatic rings. The van der Waals surface area contributed by atoms with Crippen molar-refractivity contribution in [3.63, 3.8) is 0 Å². The van der Waals surface area contributed by atoms with Crippen LogP contribution in [0.15, 0.2) is 60.2 Å². The highest BCUT2D eigenvalue weighted by molar-refractivity contribution is 7.81. The fourth-order valence-electron chi connectivity index (χ4n) is 7.49. The number of nitrogens with zero attached hydrogens (tertiary/aromatic N) is 6. The highest BCUT2D eigenvalue weighted by Gasteiger charge is 2.52. The summed E-state index contributed by atoms with van der Waals surface area (Å²) >= 11 is 7.04. The molecule has 0 spiro atoms. The first kappa shape index (κ1) is 47.4. The lowest BCUT2D eigenvalue weighted by Gasteiger charge is -2.35. The Balaban J connectivity index is 0.987. The third-order valence-corrected chi connectivity index (χ3v) is 12.2. The fraction of sp³-hybridized carbons (Fsp3) is 0.409. The zero-order chi connectivity index (χ0) is 46.7. The highest BCUT2D eigenvalue weighted by Crippen LogP contribution is 2.42. The highest BCUT2D eigenvalue weighted by atomic mass is 32.1. The summed E-state index contributed by atoms with van der Waals surface area (Å²) in [5, 5.41) is 14.6. The molecule has 4 heterocycles. The average molecular weight is 923 g/mol. The lowest BCUT2D eigenvalue weighted by Crippen LogP contribution is -2.58.